The van der Waals surface area contributed by atoms with Crippen molar-refractivity contribution in [3.8, 4) is 11.5 Å². The van der Waals surface area contributed by atoms with Crippen LogP contribution in [0, 0.1) is 6.92 Å². The lowest BCUT2D eigenvalue weighted by atomic mass is 10.3. The van der Waals surface area contributed by atoms with Gasteiger partial charge in [0.1, 0.15) is 0 Å². The van der Waals surface area contributed by atoms with Crippen LogP contribution in [0.4, 0.5) is 5.13 Å². The number of ether oxygens (including phenoxy) is 2. The lowest BCUT2D eigenvalue weighted by molar-refractivity contribution is -0.122. The summed E-state index contributed by atoms with van der Waals surface area (Å²) in [6.07, 6.45) is -0.643. The Hall–Kier alpha value is -2.08. The molecular weight excluding hydrogens is 276 g/mol. The van der Waals surface area contributed by atoms with Gasteiger partial charge >= 0.3 is 0 Å². The Bertz CT molecular complexity index is 598. The summed E-state index contributed by atoms with van der Waals surface area (Å²) in [5.41, 5.74) is 0.878. The summed E-state index contributed by atoms with van der Waals surface area (Å²) in [4.78, 5) is 16.2. The summed E-state index contributed by atoms with van der Waals surface area (Å²) in [7, 11) is 1.56. The van der Waals surface area contributed by atoms with Gasteiger partial charge in [-0.05, 0) is 26.0 Å². The summed E-state index contributed by atoms with van der Waals surface area (Å²) in [5, 5.41) is 5.17. The quantitative estimate of drug-likeness (QED) is 0.920. The predicted octanol–water partition coefficient (Wildman–Crippen LogP) is 2.87. The van der Waals surface area contributed by atoms with Crippen molar-refractivity contribution in [3.63, 3.8) is 0 Å². The lowest BCUT2D eigenvalue weighted by Crippen LogP contribution is -2.30. The molecule has 2 aromatic rings. The van der Waals surface area contributed by atoms with Crippen LogP contribution in [0.1, 0.15) is 12.6 Å². The lowest BCUT2D eigenvalue weighted by Gasteiger charge is -2.15. The van der Waals surface area contributed by atoms with E-state index in [4.69, 9.17) is 9.47 Å². The molecule has 0 aliphatic rings. The van der Waals surface area contributed by atoms with Gasteiger partial charge in [0.15, 0.2) is 22.7 Å². The van der Waals surface area contributed by atoms with E-state index in [1.54, 1.807) is 26.2 Å². The van der Waals surface area contributed by atoms with E-state index in [0.717, 1.165) is 5.69 Å². The molecule has 0 bridgehead atoms. The van der Waals surface area contributed by atoms with Gasteiger partial charge in [0, 0.05) is 5.38 Å². The molecule has 0 saturated carbocycles. The SMILES string of the molecule is COc1ccccc1O[C@@H](C)C(=O)Nc1nc(C)cs1. The van der Waals surface area contributed by atoms with Crippen molar-refractivity contribution >= 4 is 22.4 Å². The molecule has 0 aliphatic carbocycles. The van der Waals surface area contributed by atoms with Crippen LogP contribution in [0.2, 0.25) is 0 Å². The van der Waals surface area contributed by atoms with Gasteiger partial charge in [-0.2, -0.15) is 0 Å². The fourth-order valence-corrected chi connectivity index (χ4v) is 2.27. The number of hydrogen-bond acceptors (Lipinski definition) is 5. The Morgan fingerprint density at radius 2 is 2.05 bits per heavy atom. The Kier molecular flexibility index (Phi) is 4.57. The third kappa shape index (κ3) is 3.48. The number of anilines is 1. The van der Waals surface area contributed by atoms with Gasteiger partial charge in [-0.15, -0.1) is 11.3 Å². The Morgan fingerprint density at radius 1 is 1.35 bits per heavy atom. The minimum absolute atomic E-state index is 0.245. The Morgan fingerprint density at radius 3 is 2.65 bits per heavy atom. The van der Waals surface area contributed by atoms with Gasteiger partial charge in [0.25, 0.3) is 5.91 Å². The van der Waals surface area contributed by atoms with E-state index < -0.39 is 6.10 Å². The molecule has 2 rings (SSSR count). The standard InChI is InChI=1S/C14H16N2O3S/c1-9-8-20-14(15-9)16-13(17)10(2)19-12-7-5-4-6-11(12)18-3/h4-8,10H,1-3H3,(H,15,16,17)/t10-/m0/s1. The van der Waals surface area contributed by atoms with Gasteiger partial charge in [-0.25, -0.2) is 4.98 Å². The largest absolute Gasteiger partial charge is 0.493 e. The number of benzene rings is 1. The van der Waals surface area contributed by atoms with E-state index in [1.165, 1.54) is 11.3 Å². The van der Waals surface area contributed by atoms with Crippen LogP contribution in [0.25, 0.3) is 0 Å². The molecule has 1 amide bonds. The first-order valence-corrected chi connectivity index (χ1v) is 7.01. The maximum atomic E-state index is 12.0. The highest BCUT2D eigenvalue weighted by atomic mass is 32.1. The maximum absolute atomic E-state index is 12.0. The molecule has 20 heavy (non-hydrogen) atoms. The second-order valence-electron chi connectivity index (χ2n) is 4.19. The fraction of sp³-hybridized carbons (Fsp3) is 0.286. The Balaban J connectivity index is 2.00. The van der Waals surface area contributed by atoms with E-state index in [0.29, 0.717) is 16.6 Å². The molecule has 0 aliphatic heterocycles. The molecule has 1 atom stereocenters. The number of amides is 1. The van der Waals surface area contributed by atoms with E-state index in [1.807, 2.05) is 24.4 Å². The first-order chi connectivity index (χ1) is 9.60. The number of thiazole rings is 1. The molecule has 0 radical (unpaired) electrons. The highest BCUT2D eigenvalue weighted by Crippen LogP contribution is 2.27. The zero-order valence-corrected chi connectivity index (χ0v) is 12.4. The van der Waals surface area contributed by atoms with Crippen LogP contribution < -0.4 is 14.8 Å². The zero-order valence-electron chi connectivity index (χ0n) is 11.5. The molecule has 0 fully saturated rings. The summed E-state index contributed by atoms with van der Waals surface area (Å²) in [5.74, 6) is 0.885. The first kappa shape index (κ1) is 14.3. The second-order valence-corrected chi connectivity index (χ2v) is 5.05. The Labute approximate surface area is 121 Å². The van der Waals surface area contributed by atoms with Crippen molar-refractivity contribution in [1.82, 2.24) is 4.98 Å². The van der Waals surface area contributed by atoms with Crippen molar-refractivity contribution in [3.05, 3.63) is 35.3 Å². The number of rotatable bonds is 5. The monoisotopic (exact) mass is 292 g/mol. The molecule has 1 heterocycles. The molecular formula is C14H16N2O3S. The second kappa shape index (κ2) is 6.38. The van der Waals surface area contributed by atoms with E-state index in [9.17, 15) is 4.79 Å². The third-order valence-electron chi connectivity index (χ3n) is 2.59. The summed E-state index contributed by atoms with van der Waals surface area (Å²) >= 11 is 1.39. The predicted molar refractivity (Wildman–Crippen MR) is 78.6 cm³/mol. The molecule has 6 heteroatoms. The van der Waals surface area contributed by atoms with Crippen LogP contribution in [0.15, 0.2) is 29.6 Å². The fourth-order valence-electron chi connectivity index (χ4n) is 1.58. The van der Waals surface area contributed by atoms with Gasteiger partial charge in [0.2, 0.25) is 0 Å². The summed E-state index contributed by atoms with van der Waals surface area (Å²) in [6.45, 7) is 3.56. The minimum Gasteiger partial charge on any atom is -0.493 e. The number of nitrogens with one attached hydrogen (secondary N) is 1. The normalized spacial score (nSPS) is 11.8. The average Bonchev–Trinajstić information content (AvgIpc) is 2.84. The first-order valence-electron chi connectivity index (χ1n) is 6.13. The number of carbonyl (C=O) groups excluding carboxylic acids is 1. The topological polar surface area (TPSA) is 60.5 Å². The molecule has 0 unspecified atom stereocenters. The van der Waals surface area contributed by atoms with E-state index in [-0.39, 0.29) is 5.91 Å². The van der Waals surface area contributed by atoms with Crippen molar-refractivity contribution in [2.24, 2.45) is 0 Å². The van der Waals surface area contributed by atoms with E-state index in [2.05, 4.69) is 10.3 Å². The number of hydrogen-bond donors (Lipinski definition) is 1. The van der Waals surface area contributed by atoms with Crippen molar-refractivity contribution in [2.75, 3.05) is 12.4 Å². The summed E-state index contributed by atoms with van der Waals surface area (Å²) in [6, 6.07) is 7.21. The highest BCUT2D eigenvalue weighted by Gasteiger charge is 2.17. The molecule has 1 N–H and O–H groups in total. The number of nitrogens with zero attached hydrogens (tertiary/aromatic N) is 1. The summed E-state index contributed by atoms with van der Waals surface area (Å²) < 4.78 is 10.8. The molecule has 5 nitrogen and oxygen atoms in total. The highest BCUT2D eigenvalue weighted by molar-refractivity contribution is 7.13. The number of methoxy groups -OCH3 is 1. The van der Waals surface area contributed by atoms with Gasteiger partial charge in [-0.3, -0.25) is 10.1 Å². The molecule has 1 aromatic carbocycles. The van der Waals surface area contributed by atoms with Gasteiger partial charge in [0.05, 0.1) is 12.8 Å². The molecule has 1 aromatic heterocycles. The van der Waals surface area contributed by atoms with Crippen LogP contribution >= 0.6 is 11.3 Å². The van der Waals surface area contributed by atoms with E-state index >= 15 is 0 Å². The van der Waals surface area contributed by atoms with Crippen LogP contribution in [-0.4, -0.2) is 24.1 Å². The smallest absolute Gasteiger partial charge is 0.266 e. The molecule has 0 spiro atoms. The minimum atomic E-state index is -0.643. The number of carbonyl (C=O) groups is 1. The van der Waals surface area contributed by atoms with Gasteiger partial charge < -0.3 is 9.47 Å². The van der Waals surface area contributed by atoms with Crippen LogP contribution in [0.3, 0.4) is 0 Å². The third-order valence-corrected chi connectivity index (χ3v) is 3.47. The van der Waals surface area contributed by atoms with Crippen molar-refractivity contribution in [1.29, 1.82) is 0 Å². The van der Waals surface area contributed by atoms with Crippen LogP contribution in [-0.2, 0) is 4.79 Å². The molecule has 0 saturated heterocycles. The van der Waals surface area contributed by atoms with Crippen molar-refractivity contribution in [2.45, 2.75) is 20.0 Å². The molecule has 106 valence electrons. The number of aryl methyl sites for hydroxylation is 1. The maximum Gasteiger partial charge on any atom is 0.266 e. The zero-order chi connectivity index (χ0) is 14.5. The van der Waals surface area contributed by atoms with Crippen LogP contribution in [0.5, 0.6) is 11.5 Å². The van der Waals surface area contributed by atoms with Gasteiger partial charge in [-0.1, -0.05) is 12.1 Å². The average molecular weight is 292 g/mol. The van der Waals surface area contributed by atoms with Crippen molar-refractivity contribution < 1.29 is 14.3 Å². The number of aromatic nitrogens is 1. The number of para-hydroxylation sites is 2.